The van der Waals surface area contributed by atoms with E-state index >= 15 is 0 Å². The van der Waals surface area contributed by atoms with Crippen LogP contribution in [0, 0.1) is 5.21 Å². The molecule has 0 aliphatic heterocycles. The highest BCUT2D eigenvalue weighted by atomic mass is 16.6. The van der Waals surface area contributed by atoms with Gasteiger partial charge in [-0.15, -0.1) is 0 Å². The van der Waals surface area contributed by atoms with E-state index in [1.807, 2.05) is 32.9 Å². The summed E-state index contributed by atoms with van der Waals surface area (Å²) in [7, 11) is 0. The molecule has 4 nitrogen and oxygen atoms in total. The van der Waals surface area contributed by atoms with Crippen molar-refractivity contribution in [3.63, 3.8) is 0 Å². The molecule has 0 aliphatic carbocycles. The van der Waals surface area contributed by atoms with Crippen molar-refractivity contribution in [3.05, 3.63) is 35.0 Å². The van der Waals surface area contributed by atoms with Crippen molar-refractivity contribution in [2.24, 2.45) is 5.84 Å². The number of rotatable bonds is 4. The number of phenolic OH excluding ortho intramolecular Hbond substituents is 1. The summed E-state index contributed by atoms with van der Waals surface area (Å²) in [4.78, 5) is 0. The lowest BCUT2D eigenvalue weighted by atomic mass is 10.1. The number of nitrogens with zero attached hydrogens (tertiary/aromatic N) is 1. The fourth-order valence-electron chi connectivity index (χ4n) is 1.52. The number of hydrogen-bond acceptors (Lipinski definition) is 3. The van der Waals surface area contributed by atoms with Gasteiger partial charge in [0.15, 0.2) is 0 Å². The Hall–Kier alpha value is -1.10. The van der Waals surface area contributed by atoms with E-state index in [0.717, 1.165) is 18.4 Å². The lowest BCUT2D eigenvalue weighted by molar-refractivity contribution is -0.937. The van der Waals surface area contributed by atoms with E-state index < -0.39 is 10.3 Å². The Kier molecular flexibility index (Phi) is 4.14. The molecule has 0 saturated carbocycles. The molecule has 0 aliphatic rings. The minimum absolute atomic E-state index is 0.260. The van der Waals surface area contributed by atoms with Gasteiger partial charge in [-0.2, -0.15) is 5.84 Å². The number of quaternary nitrogens is 1. The lowest BCUT2D eigenvalue weighted by Crippen LogP contribution is -2.61. The van der Waals surface area contributed by atoms with Crippen LogP contribution in [0.15, 0.2) is 24.3 Å². The number of aryl methyl sites for hydroxylation is 1. The maximum absolute atomic E-state index is 12.0. The predicted molar refractivity (Wildman–Crippen MR) is 68.9 cm³/mol. The van der Waals surface area contributed by atoms with Gasteiger partial charge in [-0.05, 0) is 44.9 Å². The van der Waals surface area contributed by atoms with E-state index in [9.17, 15) is 5.21 Å². The molecule has 0 fully saturated rings. The fourth-order valence-corrected chi connectivity index (χ4v) is 1.52. The fraction of sp³-hybridized carbons (Fsp3) is 0.538. The number of nitrogens with two attached hydrogens (primary N) is 1. The second-order valence-corrected chi connectivity index (χ2v) is 5.46. The van der Waals surface area contributed by atoms with Crippen LogP contribution < -0.4 is 5.84 Å². The Morgan fingerprint density at radius 3 is 2.24 bits per heavy atom. The molecule has 0 saturated heterocycles. The van der Waals surface area contributed by atoms with Gasteiger partial charge in [0.25, 0.3) is 0 Å². The van der Waals surface area contributed by atoms with E-state index in [0.29, 0.717) is 6.54 Å². The zero-order valence-corrected chi connectivity index (χ0v) is 10.8. The molecular formula is C13H22N2O2. The first-order chi connectivity index (χ1) is 7.72. The van der Waals surface area contributed by atoms with Gasteiger partial charge >= 0.3 is 0 Å². The predicted octanol–water partition coefficient (Wildman–Crippen LogP) is 2.31. The molecular weight excluding hydrogens is 216 g/mol. The monoisotopic (exact) mass is 238 g/mol. The van der Waals surface area contributed by atoms with Crippen molar-refractivity contribution in [3.8, 4) is 5.75 Å². The summed E-state index contributed by atoms with van der Waals surface area (Å²) in [5, 5.41) is 21.2. The van der Waals surface area contributed by atoms with Crippen molar-refractivity contribution < 1.29 is 9.86 Å². The van der Waals surface area contributed by atoms with E-state index in [-0.39, 0.29) is 5.75 Å². The smallest absolute Gasteiger partial charge is 0.115 e. The van der Waals surface area contributed by atoms with E-state index in [1.165, 1.54) is 0 Å². The Labute approximate surface area is 103 Å². The largest absolute Gasteiger partial charge is 0.611 e. The molecule has 1 aromatic carbocycles. The van der Waals surface area contributed by atoms with Crippen LogP contribution in [0.25, 0.3) is 0 Å². The maximum Gasteiger partial charge on any atom is 0.115 e. The molecule has 0 aromatic heterocycles. The van der Waals surface area contributed by atoms with E-state index in [1.54, 1.807) is 12.1 Å². The molecule has 1 atom stereocenters. The first-order valence-electron chi connectivity index (χ1n) is 5.88. The van der Waals surface area contributed by atoms with E-state index in [4.69, 9.17) is 10.9 Å². The Morgan fingerprint density at radius 1 is 1.24 bits per heavy atom. The van der Waals surface area contributed by atoms with Gasteiger partial charge in [0.05, 0.1) is 6.54 Å². The van der Waals surface area contributed by atoms with Gasteiger partial charge in [0.1, 0.15) is 11.3 Å². The van der Waals surface area contributed by atoms with Crippen LogP contribution in [0.4, 0.5) is 0 Å². The van der Waals surface area contributed by atoms with Crippen LogP contribution in [-0.4, -0.2) is 21.9 Å². The summed E-state index contributed by atoms with van der Waals surface area (Å²) in [6.45, 7) is 5.94. The maximum atomic E-state index is 12.0. The summed E-state index contributed by atoms with van der Waals surface area (Å²) in [5.41, 5.74) is 0.617. The van der Waals surface area contributed by atoms with Gasteiger partial charge in [0.2, 0.25) is 0 Å². The molecule has 17 heavy (non-hydrogen) atoms. The third-order valence-electron chi connectivity index (χ3n) is 3.03. The van der Waals surface area contributed by atoms with Crippen molar-refractivity contribution in [2.75, 3.05) is 6.54 Å². The third-order valence-corrected chi connectivity index (χ3v) is 3.03. The van der Waals surface area contributed by atoms with Gasteiger partial charge in [-0.3, -0.25) is 4.76 Å². The molecule has 0 bridgehead atoms. The Bertz CT molecular complexity index is 353. The normalized spacial score (nSPS) is 15.6. The van der Waals surface area contributed by atoms with Gasteiger partial charge < -0.3 is 10.3 Å². The molecule has 0 heterocycles. The quantitative estimate of drug-likeness (QED) is 0.480. The van der Waals surface area contributed by atoms with Crippen LogP contribution in [0.3, 0.4) is 0 Å². The molecule has 1 rings (SSSR count). The van der Waals surface area contributed by atoms with Crippen molar-refractivity contribution in [1.82, 2.24) is 0 Å². The third kappa shape index (κ3) is 4.00. The number of hydroxylamine groups is 2. The topological polar surface area (TPSA) is 69.3 Å². The van der Waals surface area contributed by atoms with Crippen molar-refractivity contribution in [1.29, 1.82) is 0 Å². The van der Waals surface area contributed by atoms with Crippen molar-refractivity contribution >= 4 is 0 Å². The van der Waals surface area contributed by atoms with Crippen LogP contribution in [0.1, 0.15) is 32.8 Å². The van der Waals surface area contributed by atoms with Gasteiger partial charge in [-0.1, -0.05) is 12.1 Å². The minimum atomic E-state index is -0.717. The molecule has 1 unspecified atom stereocenters. The SMILES string of the molecule is CC(C)(C)[N+](N)([O-])CCCc1ccc(O)cc1. The molecule has 0 spiro atoms. The zero-order valence-electron chi connectivity index (χ0n) is 10.8. The molecule has 1 aromatic rings. The molecule has 0 amide bonds. The summed E-state index contributed by atoms with van der Waals surface area (Å²) in [6, 6.07) is 7.03. The summed E-state index contributed by atoms with van der Waals surface area (Å²) in [6.07, 6.45) is 1.54. The molecule has 96 valence electrons. The zero-order chi connectivity index (χ0) is 13.1. The number of hydrogen-bond donors (Lipinski definition) is 2. The van der Waals surface area contributed by atoms with Crippen LogP contribution in [0.5, 0.6) is 5.75 Å². The summed E-state index contributed by atoms with van der Waals surface area (Å²) in [5.74, 6) is 5.98. The number of phenols is 1. The number of aromatic hydroxyl groups is 1. The van der Waals surface area contributed by atoms with Gasteiger partial charge in [-0.25, -0.2) is 0 Å². The molecule has 0 radical (unpaired) electrons. The number of benzene rings is 1. The minimum Gasteiger partial charge on any atom is -0.611 e. The Morgan fingerprint density at radius 2 is 1.76 bits per heavy atom. The highest BCUT2D eigenvalue weighted by Gasteiger charge is 2.28. The first kappa shape index (κ1) is 14.0. The van der Waals surface area contributed by atoms with E-state index in [2.05, 4.69) is 0 Å². The second-order valence-electron chi connectivity index (χ2n) is 5.46. The van der Waals surface area contributed by atoms with Crippen LogP contribution in [-0.2, 0) is 6.42 Å². The lowest BCUT2D eigenvalue weighted by Gasteiger charge is -2.47. The molecule has 4 heteroatoms. The Balaban J connectivity index is 2.45. The average molecular weight is 238 g/mol. The average Bonchev–Trinajstić information content (AvgIpc) is 2.19. The standard InChI is InChI=1S/C13H22N2O2/c1-13(2,3)15(14,17)10-4-5-11-6-8-12(16)9-7-11/h6-9,16H,4-5,10,14H2,1-3H3. The van der Waals surface area contributed by atoms with Gasteiger partial charge in [0, 0.05) is 6.42 Å². The first-order valence-corrected chi connectivity index (χ1v) is 5.88. The van der Waals surface area contributed by atoms with Crippen LogP contribution in [0.2, 0.25) is 0 Å². The van der Waals surface area contributed by atoms with Crippen molar-refractivity contribution in [2.45, 2.75) is 39.2 Å². The second kappa shape index (κ2) is 5.04. The molecule has 3 N–H and O–H groups in total. The summed E-state index contributed by atoms with van der Waals surface area (Å²) < 4.78 is -0.717. The summed E-state index contributed by atoms with van der Waals surface area (Å²) >= 11 is 0. The van der Waals surface area contributed by atoms with Crippen LogP contribution >= 0.6 is 0 Å². The highest BCUT2D eigenvalue weighted by Crippen LogP contribution is 2.19. The highest BCUT2D eigenvalue weighted by molar-refractivity contribution is 5.25.